The van der Waals surface area contributed by atoms with Gasteiger partial charge < -0.3 is 19.6 Å². The van der Waals surface area contributed by atoms with Gasteiger partial charge in [0.05, 0.1) is 19.0 Å². The maximum absolute atomic E-state index is 12.1. The van der Waals surface area contributed by atoms with Crippen LogP contribution in [0.15, 0.2) is 47.1 Å². The number of hydrogen-bond acceptors (Lipinski definition) is 4. The summed E-state index contributed by atoms with van der Waals surface area (Å²) in [5.74, 6) is 1.33. The van der Waals surface area contributed by atoms with Crippen LogP contribution >= 0.6 is 0 Å². The van der Waals surface area contributed by atoms with E-state index in [1.165, 1.54) is 19.1 Å². The summed E-state index contributed by atoms with van der Waals surface area (Å²) in [5, 5.41) is 12.2. The minimum absolute atomic E-state index is 0.113. The van der Waals surface area contributed by atoms with Crippen molar-refractivity contribution in [1.29, 1.82) is 0 Å². The van der Waals surface area contributed by atoms with Gasteiger partial charge in [0.25, 0.3) is 0 Å². The van der Waals surface area contributed by atoms with Gasteiger partial charge in [-0.05, 0) is 61.9 Å². The summed E-state index contributed by atoms with van der Waals surface area (Å²) in [6.45, 7) is -0.191. The van der Waals surface area contributed by atoms with Gasteiger partial charge >= 0.3 is 0 Å². The number of carbonyl (C=O) groups excluding carboxylic acids is 1. The summed E-state index contributed by atoms with van der Waals surface area (Å²) in [6.07, 6.45) is 7.58. The molecule has 1 amide bonds. The number of amides is 1. The molecule has 134 valence electrons. The molecule has 1 aromatic heterocycles. The van der Waals surface area contributed by atoms with E-state index in [-0.39, 0.29) is 12.5 Å². The quantitative estimate of drug-likeness (QED) is 0.771. The van der Waals surface area contributed by atoms with Crippen molar-refractivity contribution in [1.82, 2.24) is 5.32 Å². The van der Waals surface area contributed by atoms with Crippen LogP contribution in [-0.2, 0) is 11.2 Å². The van der Waals surface area contributed by atoms with Crippen molar-refractivity contribution in [3.05, 3.63) is 54.0 Å². The second kappa shape index (κ2) is 8.72. The van der Waals surface area contributed by atoms with Crippen LogP contribution in [0.1, 0.15) is 49.5 Å². The average molecular weight is 343 g/mol. The summed E-state index contributed by atoms with van der Waals surface area (Å²) in [6, 6.07) is 10.9. The Morgan fingerprint density at radius 1 is 1.28 bits per heavy atom. The van der Waals surface area contributed by atoms with Crippen molar-refractivity contribution in [2.45, 2.75) is 50.7 Å². The first-order chi connectivity index (χ1) is 12.2. The lowest BCUT2D eigenvalue weighted by Gasteiger charge is -2.15. The van der Waals surface area contributed by atoms with Crippen LogP contribution in [-0.4, -0.2) is 23.7 Å². The summed E-state index contributed by atoms with van der Waals surface area (Å²) < 4.78 is 11.2. The second-order valence-electron chi connectivity index (χ2n) is 6.49. The standard InChI is InChI=1S/C20H25NO4/c22-14-18(19-9-4-12-24-19)21-20(23)11-10-15-5-3-8-17(13-15)25-16-6-1-2-7-16/h3-5,8-9,12-13,16,18,22H,1-2,6-7,10-11,14H2,(H,21,23). The minimum Gasteiger partial charge on any atom is -0.490 e. The van der Waals surface area contributed by atoms with E-state index in [4.69, 9.17) is 9.15 Å². The largest absolute Gasteiger partial charge is 0.490 e. The molecule has 2 aromatic rings. The normalized spacial score (nSPS) is 15.9. The van der Waals surface area contributed by atoms with Crippen molar-refractivity contribution in [2.24, 2.45) is 0 Å². The molecule has 1 unspecified atom stereocenters. The van der Waals surface area contributed by atoms with Gasteiger partial charge in [-0.1, -0.05) is 12.1 Å². The lowest BCUT2D eigenvalue weighted by molar-refractivity contribution is -0.122. The predicted molar refractivity (Wildman–Crippen MR) is 94.3 cm³/mol. The number of aliphatic hydroxyl groups excluding tert-OH is 1. The lowest BCUT2D eigenvalue weighted by Crippen LogP contribution is -2.30. The van der Waals surface area contributed by atoms with E-state index in [2.05, 4.69) is 5.32 Å². The molecule has 1 heterocycles. The average Bonchev–Trinajstić information content (AvgIpc) is 3.32. The highest BCUT2D eigenvalue weighted by Crippen LogP contribution is 2.25. The summed E-state index contributed by atoms with van der Waals surface area (Å²) in [5.41, 5.74) is 1.07. The zero-order valence-corrected chi connectivity index (χ0v) is 14.3. The van der Waals surface area contributed by atoms with E-state index in [9.17, 15) is 9.90 Å². The van der Waals surface area contributed by atoms with Gasteiger partial charge in [0.15, 0.2) is 0 Å². The number of aliphatic hydroxyl groups is 1. The van der Waals surface area contributed by atoms with Crippen molar-refractivity contribution >= 4 is 5.91 Å². The van der Waals surface area contributed by atoms with E-state index >= 15 is 0 Å². The van der Waals surface area contributed by atoms with Gasteiger partial charge in [0, 0.05) is 6.42 Å². The summed E-state index contributed by atoms with van der Waals surface area (Å²) in [7, 11) is 0. The summed E-state index contributed by atoms with van der Waals surface area (Å²) in [4.78, 5) is 12.1. The van der Waals surface area contributed by atoms with Gasteiger partial charge in [-0.3, -0.25) is 4.79 Å². The Labute approximate surface area is 148 Å². The van der Waals surface area contributed by atoms with Crippen molar-refractivity contribution < 1.29 is 19.1 Å². The molecule has 1 aliphatic rings. The lowest BCUT2D eigenvalue weighted by atomic mass is 10.1. The van der Waals surface area contributed by atoms with Crippen LogP contribution in [0.25, 0.3) is 0 Å². The van der Waals surface area contributed by atoms with E-state index < -0.39 is 6.04 Å². The first kappa shape index (κ1) is 17.5. The molecule has 0 bridgehead atoms. The molecule has 5 heteroatoms. The van der Waals surface area contributed by atoms with Gasteiger partial charge in [-0.25, -0.2) is 0 Å². The molecule has 1 atom stereocenters. The smallest absolute Gasteiger partial charge is 0.220 e. The number of aryl methyl sites for hydroxylation is 1. The van der Waals surface area contributed by atoms with Crippen LogP contribution in [0.4, 0.5) is 0 Å². The van der Waals surface area contributed by atoms with Crippen LogP contribution < -0.4 is 10.1 Å². The molecule has 0 spiro atoms. The van der Waals surface area contributed by atoms with Crippen molar-refractivity contribution in [3.63, 3.8) is 0 Å². The molecular weight excluding hydrogens is 318 g/mol. The number of rotatable bonds is 8. The monoisotopic (exact) mass is 343 g/mol. The molecule has 3 rings (SSSR count). The number of ether oxygens (including phenoxy) is 1. The highest BCUT2D eigenvalue weighted by molar-refractivity contribution is 5.76. The van der Waals surface area contributed by atoms with Crippen molar-refractivity contribution in [3.8, 4) is 5.75 Å². The fourth-order valence-corrected chi connectivity index (χ4v) is 3.19. The van der Waals surface area contributed by atoms with Gasteiger partial charge in [0.1, 0.15) is 17.6 Å². The molecule has 2 N–H and O–H groups in total. The molecule has 1 aliphatic carbocycles. The first-order valence-corrected chi connectivity index (χ1v) is 8.94. The first-order valence-electron chi connectivity index (χ1n) is 8.94. The zero-order chi connectivity index (χ0) is 17.5. The molecule has 1 aromatic carbocycles. The molecule has 5 nitrogen and oxygen atoms in total. The number of benzene rings is 1. The highest BCUT2D eigenvalue weighted by atomic mass is 16.5. The Balaban J connectivity index is 1.49. The molecule has 1 saturated carbocycles. The Morgan fingerprint density at radius 3 is 2.84 bits per heavy atom. The maximum atomic E-state index is 12.1. The molecule has 0 radical (unpaired) electrons. The minimum atomic E-state index is -0.500. The topological polar surface area (TPSA) is 71.7 Å². The molecule has 0 aliphatic heterocycles. The van der Waals surface area contributed by atoms with Gasteiger partial charge in [-0.2, -0.15) is 0 Å². The Hall–Kier alpha value is -2.27. The zero-order valence-electron chi connectivity index (χ0n) is 14.3. The van der Waals surface area contributed by atoms with E-state index in [0.29, 0.717) is 24.7 Å². The van der Waals surface area contributed by atoms with Crippen LogP contribution in [0.2, 0.25) is 0 Å². The molecule has 25 heavy (non-hydrogen) atoms. The fraction of sp³-hybridized carbons (Fsp3) is 0.450. The number of carbonyl (C=O) groups is 1. The van der Waals surface area contributed by atoms with E-state index in [1.54, 1.807) is 12.1 Å². The molecule has 1 fully saturated rings. The van der Waals surface area contributed by atoms with E-state index in [1.807, 2.05) is 24.3 Å². The fourth-order valence-electron chi connectivity index (χ4n) is 3.19. The summed E-state index contributed by atoms with van der Waals surface area (Å²) >= 11 is 0. The Morgan fingerprint density at radius 2 is 2.12 bits per heavy atom. The molecular formula is C20H25NO4. The third kappa shape index (κ3) is 5.10. The van der Waals surface area contributed by atoms with Crippen LogP contribution in [0.5, 0.6) is 5.75 Å². The highest BCUT2D eigenvalue weighted by Gasteiger charge is 2.17. The third-order valence-corrected chi connectivity index (χ3v) is 4.55. The predicted octanol–water partition coefficient (Wildman–Crippen LogP) is 3.38. The number of nitrogens with one attached hydrogen (secondary N) is 1. The van der Waals surface area contributed by atoms with E-state index in [0.717, 1.165) is 24.2 Å². The number of furan rings is 1. The van der Waals surface area contributed by atoms with Crippen LogP contribution in [0.3, 0.4) is 0 Å². The van der Waals surface area contributed by atoms with Gasteiger partial charge in [-0.15, -0.1) is 0 Å². The molecule has 0 saturated heterocycles. The third-order valence-electron chi connectivity index (χ3n) is 4.55. The number of hydrogen-bond donors (Lipinski definition) is 2. The Kier molecular flexibility index (Phi) is 6.12. The SMILES string of the molecule is O=C(CCc1cccc(OC2CCCC2)c1)NC(CO)c1ccco1. The maximum Gasteiger partial charge on any atom is 0.220 e. The van der Waals surface area contributed by atoms with Crippen LogP contribution in [0, 0.1) is 0 Å². The second-order valence-corrected chi connectivity index (χ2v) is 6.49. The Bertz CT molecular complexity index is 662. The van der Waals surface area contributed by atoms with Gasteiger partial charge in [0.2, 0.25) is 5.91 Å². The van der Waals surface area contributed by atoms with Crippen molar-refractivity contribution in [2.75, 3.05) is 6.61 Å².